The van der Waals surface area contributed by atoms with Gasteiger partial charge in [-0.15, -0.1) is 0 Å². The lowest BCUT2D eigenvalue weighted by Gasteiger charge is -2.12. The molecule has 0 spiro atoms. The minimum atomic E-state index is -0.367. The smallest absolute Gasteiger partial charge is 0.332 e. The zero-order valence-corrected chi connectivity index (χ0v) is 29.9. The Kier molecular flexibility index (Phi) is 13.5. The fourth-order valence-electron chi connectivity index (χ4n) is 5.70. The zero-order valence-electron chi connectivity index (χ0n) is 29.9. The van der Waals surface area contributed by atoms with Crippen molar-refractivity contribution in [1.29, 1.82) is 0 Å². The summed E-state index contributed by atoms with van der Waals surface area (Å²) >= 11 is 0. The van der Waals surface area contributed by atoms with Crippen molar-refractivity contribution in [2.45, 2.75) is 20.1 Å². The van der Waals surface area contributed by atoms with Crippen molar-refractivity contribution in [3.63, 3.8) is 0 Å². The van der Waals surface area contributed by atoms with Crippen molar-refractivity contribution in [3.8, 4) is 11.5 Å². The molecule has 0 fully saturated rings. The summed E-state index contributed by atoms with van der Waals surface area (Å²) in [6, 6.07) is 46.0. The number of fused-ring (bicyclic) bond motifs is 2. The lowest BCUT2D eigenvalue weighted by atomic mass is 10.1. The van der Waals surface area contributed by atoms with Crippen molar-refractivity contribution in [3.05, 3.63) is 175 Å². The molecule has 8 heteroatoms. The van der Waals surface area contributed by atoms with Gasteiger partial charge < -0.3 is 33.2 Å². The van der Waals surface area contributed by atoms with Gasteiger partial charge in [0.2, 0.25) is 0 Å². The Morgan fingerprint density at radius 1 is 0.642 bits per heavy atom. The molecule has 1 N–H and O–H groups in total. The van der Waals surface area contributed by atoms with Crippen molar-refractivity contribution >= 4 is 33.5 Å². The summed E-state index contributed by atoms with van der Waals surface area (Å²) in [6.07, 6.45) is 5.42. The average molecular weight is 709 g/mol. The van der Waals surface area contributed by atoms with Crippen LogP contribution in [0.15, 0.2) is 158 Å². The Labute approximate surface area is 310 Å². The molecule has 5 aromatic carbocycles. The molecule has 2 heterocycles. The molecule has 0 saturated heterocycles. The quantitative estimate of drug-likeness (QED) is 0.0612. The molecule has 0 aliphatic rings. The van der Waals surface area contributed by atoms with E-state index in [1.165, 1.54) is 11.6 Å². The summed E-state index contributed by atoms with van der Waals surface area (Å²) < 4.78 is 30.0. The van der Waals surface area contributed by atoms with E-state index in [0.29, 0.717) is 46.2 Å². The highest BCUT2D eigenvalue weighted by molar-refractivity contribution is 5.95. The first-order valence-corrected chi connectivity index (χ1v) is 17.8. The predicted molar refractivity (Wildman–Crippen MR) is 210 cm³/mol. The monoisotopic (exact) mass is 708 g/mol. The Balaban J connectivity index is 0.000000204. The molecule has 7 rings (SSSR count). The predicted octanol–water partition coefficient (Wildman–Crippen LogP) is 9.45. The van der Waals surface area contributed by atoms with Crippen LogP contribution in [-0.4, -0.2) is 48.6 Å². The Morgan fingerprint density at radius 2 is 1.23 bits per heavy atom. The van der Waals surface area contributed by atoms with E-state index in [1.807, 2.05) is 144 Å². The Morgan fingerprint density at radius 3 is 1.85 bits per heavy atom. The summed E-state index contributed by atoms with van der Waals surface area (Å²) in [5.41, 5.74) is 6.11. The number of nitrogens with zero attached hydrogens (tertiary/aromatic N) is 1. The van der Waals surface area contributed by atoms with Gasteiger partial charge in [0.05, 0.1) is 44.2 Å². The molecule has 0 atom stereocenters. The molecule has 270 valence electrons. The van der Waals surface area contributed by atoms with Crippen LogP contribution >= 0.6 is 0 Å². The number of carbonyl (C=O) groups is 1. The highest BCUT2D eigenvalue weighted by Gasteiger charge is 2.12. The summed E-state index contributed by atoms with van der Waals surface area (Å²) in [7, 11) is 0. The maximum Gasteiger partial charge on any atom is 0.332 e. The SMILES string of the molecule is CCOC(=O)C=C(c1ccccc1)n1ccc2cc(OCCOCc3ccccc3)ccc21.c1ccc(COCCOc2ccc3[nH]ccc3c2)cc1. The average Bonchev–Trinajstić information content (AvgIpc) is 3.85. The first-order chi connectivity index (χ1) is 26.2. The second kappa shape index (κ2) is 19.5. The van der Waals surface area contributed by atoms with Gasteiger partial charge in [-0.3, -0.25) is 0 Å². The van der Waals surface area contributed by atoms with Gasteiger partial charge in [0.25, 0.3) is 0 Å². The molecule has 0 bridgehead atoms. The van der Waals surface area contributed by atoms with Gasteiger partial charge in [0, 0.05) is 34.8 Å². The van der Waals surface area contributed by atoms with Crippen LogP contribution in [0.25, 0.3) is 27.5 Å². The van der Waals surface area contributed by atoms with Gasteiger partial charge in [-0.2, -0.15) is 0 Å². The molecule has 0 unspecified atom stereocenters. The number of H-pyrrole nitrogens is 1. The van der Waals surface area contributed by atoms with Gasteiger partial charge in [-0.25, -0.2) is 4.79 Å². The fourth-order valence-corrected chi connectivity index (χ4v) is 5.70. The lowest BCUT2D eigenvalue weighted by Crippen LogP contribution is -2.07. The van der Waals surface area contributed by atoms with Crippen molar-refractivity contribution in [2.75, 3.05) is 33.0 Å². The maximum absolute atomic E-state index is 12.2. The summed E-state index contributed by atoms with van der Waals surface area (Å²) in [4.78, 5) is 15.4. The normalized spacial score (nSPS) is 11.2. The second-order valence-corrected chi connectivity index (χ2v) is 12.1. The number of hydrogen-bond acceptors (Lipinski definition) is 6. The van der Waals surface area contributed by atoms with Gasteiger partial charge in [-0.05, 0) is 72.1 Å². The highest BCUT2D eigenvalue weighted by atomic mass is 16.5. The van der Waals surface area contributed by atoms with Crippen LogP contribution in [0.1, 0.15) is 23.6 Å². The lowest BCUT2D eigenvalue weighted by molar-refractivity contribution is -0.137. The molecule has 53 heavy (non-hydrogen) atoms. The zero-order chi connectivity index (χ0) is 36.5. The third-order valence-corrected chi connectivity index (χ3v) is 8.27. The highest BCUT2D eigenvalue weighted by Crippen LogP contribution is 2.28. The molecule has 0 amide bonds. The standard InChI is InChI=1S/C28H27NO4.C17H17NO2/c1-2-32-28(30)20-27(23-11-7-4-8-12-23)29-16-15-24-19-25(13-14-26(24)29)33-18-17-31-21-22-9-5-3-6-10-22;1-2-4-14(5-3-1)13-19-10-11-20-16-6-7-17-15(12-16)8-9-18-17/h3-16,19-20H,2,17-18,21H2,1H3;1-9,12,18H,10-11,13H2. The van der Waals surface area contributed by atoms with Gasteiger partial charge in [0.1, 0.15) is 24.7 Å². The summed E-state index contributed by atoms with van der Waals surface area (Å²) in [6.45, 7) is 5.45. The van der Waals surface area contributed by atoms with E-state index in [9.17, 15) is 4.79 Å². The summed E-state index contributed by atoms with van der Waals surface area (Å²) in [5.74, 6) is 1.29. The van der Waals surface area contributed by atoms with Crippen LogP contribution in [0, 0.1) is 0 Å². The van der Waals surface area contributed by atoms with Crippen molar-refractivity contribution < 1.29 is 28.5 Å². The number of hydrogen-bond donors (Lipinski definition) is 1. The molecule has 8 nitrogen and oxygen atoms in total. The number of esters is 1. The van der Waals surface area contributed by atoms with Crippen LogP contribution in [-0.2, 0) is 32.2 Å². The van der Waals surface area contributed by atoms with Crippen LogP contribution in [0.5, 0.6) is 11.5 Å². The number of aromatic amines is 1. The second-order valence-electron chi connectivity index (χ2n) is 12.1. The van der Waals surface area contributed by atoms with Gasteiger partial charge >= 0.3 is 5.97 Å². The van der Waals surface area contributed by atoms with E-state index < -0.39 is 0 Å². The van der Waals surface area contributed by atoms with Crippen LogP contribution in [0.3, 0.4) is 0 Å². The number of ether oxygens (including phenoxy) is 5. The number of rotatable bonds is 16. The molecule has 0 aliphatic heterocycles. The first kappa shape index (κ1) is 36.7. The largest absolute Gasteiger partial charge is 0.491 e. The molecule has 0 aliphatic carbocycles. The molecular weight excluding hydrogens is 665 g/mol. The van der Waals surface area contributed by atoms with E-state index in [-0.39, 0.29) is 5.97 Å². The number of aromatic nitrogens is 2. The van der Waals surface area contributed by atoms with Gasteiger partial charge in [-0.1, -0.05) is 91.0 Å². The molecule has 7 aromatic rings. The van der Waals surface area contributed by atoms with Crippen molar-refractivity contribution in [1.82, 2.24) is 9.55 Å². The van der Waals surface area contributed by atoms with E-state index in [4.69, 9.17) is 23.7 Å². The van der Waals surface area contributed by atoms with E-state index in [1.54, 1.807) is 6.92 Å². The van der Waals surface area contributed by atoms with E-state index >= 15 is 0 Å². The summed E-state index contributed by atoms with van der Waals surface area (Å²) in [5, 5.41) is 2.18. The minimum Gasteiger partial charge on any atom is -0.491 e. The number of carbonyl (C=O) groups excluding carboxylic acids is 1. The van der Waals surface area contributed by atoms with Crippen LogP contribution in [0.4, 0.5) is 0 Å². The molecule has 0 radical (unpaired) electrons. The fraction of sp³-hybridized carbons (Fsp3) is 0.178. The number of nitrogens with one attached hydrogen (secondary N) is 1. The topological polar surface area (TPSA) is 83.9 Å². The maximum atomic E-state index is 12.2. The number of benzene rings is 5. The minimum absolute atomic E-state index is 0.333. The Bertz CT molecular complexity index is 2170. The van der Waals surface area contributed by atoms with Gasteiger partial charge in [0.15, 0.2) is 0 Å². The third-order valence-electron chi connectivity index (χ3n) is 8.27. The third kappa shape index (κ3) is 11.0. The van der Waals surface area contributed by atoms with Crippen LogP contribution < -0.4 is 9.47 Å². The molecular formula is C45H44N2O6. The Hall–Kier alpha value is -6.09. The van der Waals surface area contributed by atoms with Crippen molar-refractivity contribution in [2.24, 2.45) is 0 Å². The molecule has 0 saturated carbocycles. The van der Waals surface area contributed by atoms with Crippen LogP contribution in [0.2, 0.25) is 0 Å². The molecule has 2 aromatic heterocycles. The van der Waals surface area contributed by atoms with E-state index in [0.717, 1.165) is 50.1 Å². The first-order valence-electron chi connectivity index (χ1n) is 17.8. The van der Waals surface area contributed by atoms with E-state index in [2.05, 4.69) is 17.1 Å².